The Morgan fingerprint density at radius 1 is 1.07 bits per heavy atom. The fourth-order valence-electron chi connectivity index (χ4n) is 7.92. The van der Waals surface area contributed by atoms with Crippen LogP contribution in [0.2, 0.25) is 0 Å². The van der Waals surface area contributed by atoms with Crippen LogP contribution in [0.15, 0.2) is 22.8 Å². The van der Waals surface area contributed by atoms with Crippen molar-refractivity contribution in [2.24, 2.45) is 34.5 Å². The van der Waals surface area contributed by atoms with Gasteiger partial charge in [0.1, 0.15) is 0 Å². The first-order valence-electron chi connectivity index (χ1n) is 12.4. The smallest absolute Gasteiger partial charge is 0.0578 e. The Hall–Kier alpha value is -0.560. The first-order valence-corrected chi connectivity index (χ1v) is 12.4. The van der Waals surface area contributed by atoms with Gasteiger partial charge in [0.15, 0.2) is 0 Å². The molecule has 2 saturated carbocycles. The van der Waals surface area contributed by atoms with E-state index in [2.05, 4.69) is 40.7 Å². The summed E-state index contributed by atoms with van der Waals surface area (Å²) >= 11 is 0. The maximum Gasteiger partial charge on any atom is 0.0578 e. The highest BCUT2D eigenvalue weighted by Crippen LogP contribution is 2.64. The zero-order chi connectivity index (χ0) is 20.1. The lowest BCUT2D eigenvalue weighted by Gasteiger charge is -2.52. The minimum atomic E-state index is -0.0992. The van der Waals surface area contributed by atoms with E-state index in [1.165, 1.54) is 51.4 Å². The summed E-state index contributed by atoms with van der Waals surface area (Å²) < 4.78 is 0. The van der Waals surface area contributed by atoms with Gasteiger partial charge in [-0.15, -0.1) is 0 Å². The number of aliphatic hydroxyl groups excluding tert-OH is 1. The van der Waals surface area contributed by atoms with Crippen LogP contribution in [0.4, 0.5) is 0 Å². The maximum atomic E-state index is 10.2. The van der Waals surface area contributed by atoms with Crippen LogP contribution in [0.5, 0.6) is 0 Å². The Bertz CT molecular complexity index is 655. The van der Waals surface area contributed by atoms with Crippen molar-refractivity contribution in [1.29, 1.82) is 0 Å². The summed E-state index contributed by atoms with van der Waals surface area (Å²) in [5.41, 5.74) is 6.02. The van der Waals surface area contributed by atoms with E-state index in [0.29, 0.717) is 5.41 Å². The fourth-order valence-corrected chi connectivity index (χ4v) is 7.92. The average molecular weight is 385 g/mol. The van der Waals surface area contributed by atoms with Gasteiger partial charge in [0, 0.05) is 5.41 Å². The molecule has 0 radical (unpaired) electrons. The standard InChI is InChI=1S/C27H44O/c1-18(2)7-6-8-19(3)23-11-12-24-22-10-9-20-17-21(28)13-15-26(20,4)25(22)14-16-27(23,24)5/h9,18-19,21,23-24,28H,6-8,10-17H2,1-5H3/t19?,21-,23?,24?,26-,27+/m0/s1. The number of hydrogen-bond donors (Lipinski definition) is 1. The number of hydrogen-bond acceptors (Lipinski definition) is 1. The van der Waals surface area contributed by atoms with E-state index in [1.807, 2.05) is 11.1 Å². The van der Waals surface area contributed by atoms with Crippen LogP contribution < -0.4 is 0 Å². The SMILES string of the molecule is CC(C)CCCC(C)C1CCC2C3=C(CC[C@@]21C)[C@@]1(C)CC[C@H](O)CC1=CC3. The van der Waals surface area contributed by atoms with Crippen LogP contribution in [0.1, 0.15) is 105 Å². The Morgan fingerprint density at radius 2 is 1.86 bits per heavy atom. The molecule has 28 heavy (non-hydrogen) atoms. The summed E-state index contributed by atoms with van der Waals surface area (Å²) in [5.74, 6) is 3.48. The molecule has 0 heterocycles. The Morgan fingerprint density at radius 3 is 2.61 bits per heavy atom. The van der Waals surface area contributed by atoms with Gasteiger partial charge >= 0.3 is 0 Å². The third-order valence-corrected chi connectivity index (χ3v) is 9.64. The van der Waals surface area contributed by atoms with Crippen molar-refractivity contribution in [3.8, 4) is 0 Å². The quantitative estimate of drug-likeness (QED) is 0.488. The molecule has 0 bridgehead atoms. The molecule has 4 rings (SSSR count). The summed E-state index contributed by atoms with van der Waals surface area (Å²) in [6.07, 6.45) is 16.5. The third kappa shape index (κ3) is 3.34. The molecule has 158 valence electrons. The second-order valence-corrected chi connectivity index (χ2v) is 11.7. The van der Waals surface area contributed by atoms with Crippen molar-refractivity contribution in [2.45, 2.75) is 111 Å². The Balaban J connectivity index is 1.53. The van der Waals surface area contributed by atoms with E-state index in [0.717, 1.165) is 42.9 Å². The van der Waals surface area contributed by atoms with Gasteiger partial charge in [0.25, 0.3) is 0 Å². The molecule has 0 spiro atoms. The normalized spacial score (nSPS) is 41.4. The number of aliphatic hydroxyl groups is 1. The lowest BCUT2D eigenvalue weighted by atomic mass is 9.53. The van der Waals surface area contributed by atoms with Gasteiger partial charge in [0.05, 0.1) is 6.10 Å². The largest absolute Gasteiger partial charge is 0.393 e. The van der Waals surface area contributed by atoms with Crippen molar-refractivity contribution < 1.29 is 5.11 Å². The molecule has 0 saturated heterocycles. The highest BCUT2D eigenvalue weighted by atomic mass is 16.3. The van der Waals surface area contributed by atoms with E-state index in [-0.39, 0.29) is 11.5 Å². The predicted octanol–water partition coefficient (Wildman–Crippen LogP) is 7.45. The molecule has 3 unspecified atom stereocenters. The lowest BCUT2D eigenvalue weighted by molar-refractivity contribution is 0.0864. The zero-order valence-electron chi connectivity index (χ0n) is 19.2. The number of fused-ring (bicyclic) bond motifs is 4. The minimum Gasteiger partial charge on any atom is -0.393 e. The van der Waals surface area contributed by atoms with E-state index >= 15 is 0 Å². The lowest BCUT2D eigenvalue weighted by Crippen LogP contribution is -2.41. The second kappa shape index (κ2) is 7.60. The van der Waals surface area contributed by atoms with E-state index in [4.69, 9.17) is 0 Å². The first kappa shape index (κ1) is 20.7. The molecule has 4 aliphatic carbocycles. The second-order valence-electron chi connectivity index (χ2n) is 11.7. The van der Waals surface area contributed by atoms with E-state index in [1.54, 1.807) is 5.57 Å². The highest BCUT2D eigenvalue weighted by molar-refractivity contribution is 5.43. The summed E-state index contributed by atoms with van der Waals surface area (Å²) in [6, 6.07) is 0. The molecule has 1 N–H and O–H groups in total. The fraction of sp³-hybridized carbons (Fsp3) is 0.852. The molecular formula is C27H44O. The van der Waals surface area contributed by atoms with Gasteiger partial charge in [-0.25, -0.2) is 0 Å². The molecule has 0 aromatic rings. The molecule has 0 aromatic carbocycles. The predicted molar refractivity (Wildman–Crippen MR) is 119 cm³/mol. The van der Waals surface area contributed by atoms with E-state index in [9.17, 15) is 5.11 Å². The van der Waals surface area contributed by atoms with Gasteiger partial charge in [-0.1, -0.05) is 76.7 Å². The Kier molecular flexibility index (Phi) is 5.62. The minimum absolute atomic E-state index is 0.0992. The summed E-state index contributed by atoms with van der Waals surface area (Å²) in [5, 5.41) is 10.2. The van der Waals surface area contributed by atoms with Crippen LogP contribution >= 0.6 is 0 Å². The molecule has 1 heteroatoms. The summed E-state index contributed by atoms with van der Waals surface area (Å²) in [7, 11) is 0. The molecule has 6 atom stereocenters. The molecule has 0 amide bonds. The topological polar surface area (TPSA) is 20.2 Å². The van der Waals surface area contributed by atoms with Crippen LogP contribution in [0.3, 0.4) is 0 Å². The van der Waals surface area contributed by atoms with Crippen LogP contribution in [0, 0.1) is 34.5 Å². The summed E-state index contributed by atoms with van der Waals surface area (Å²) in [4.78, 5) is 0. The molecule has 0 aromatic heterocycles. The molecular weight excluding hydrogens is 340 g/mol. The number of rotatable bonds is 5. The molecule has 2 fully saturated rings. The van der Waals surface area contributed by atoms with Crippen LogP contribution in [0.25, 0.3) is 0 Å². The molecule has 0 aliphatic heterocycles. The van der Waals surface area contributed by atoms with Gasteiger partial charge < -0.3 is 5.11 Å². The zero-order valence-corrected chi connectivity index (χ0v) is 19.2. The van der Waals surface area contributed by atoms with Crippen molar-refractivity contribution in [3.05, 3.63) is 22.8 Å². The molecule has 1 nitrogen and oxygen atoms in total. The monoisotopic (exact) mass is 384 g/mol. The van der Waals surface area contributed by atoms with Gasteiger partial charge in [-0.2, -0.15) is 0 Å². The number of allylic oxidation sites excluding steroid dienone is 3. The average Bonchev–Trinajstić information content (AvgIpc) is 2.99. The van der Waals surface area contributed by atoms with E-state index < -0.39 is 0 Å². The van der Waals surface area contributed by atoms with Crippen molar-refractivity contribution >= 4 is 0 Å². The van der Waals surface area contributed by atoms with Crippen molar-refractivity contribution in [1.82, 2.24) is 0 Å². The van der Waals surface area contributed by atoms with Gasteiger partial charge in [-0.05, 0) is 80.5 Å². The Labute approximate surface area is 174 Å². The van der Waals surface area contributed by atoms with Crippen LogP contribution in [-0.4, -0.2) is 11.2 Å². The highest BCUT2D eigenvalue weighted by Gasteiger charge is 2.54. The van der Waals surface area contributed by atoms with Gasteiger partial charge in [-0.3, -0.25) is 0 Å². The van der Waals surface area contributed by atoms with Crippen LogP contribution in [-0.2, 0) is 0 Å². The maximum absolute atomic E-state index is 10.2. The van der Waals surface area contributed by atoms with Crippen molar-refractivity contribution in [2.75, 3.05) is 0 Å². The first-order chi connectivity index (χ1) is 13.3. The summed E-state index contributed by atoms with van der Waals surface area (Å²) in [6.45, 7) is 12.4. The third-order valence-electron chi connectivity index (χ3n) is 9.64. The van der Waals surface area contributed by atoms with Crippen molar-refractivity contribution in [3.63, 3.8) is 0 Å². The molecule has 4 aliphatic rings. The van der Waals surface area contributed by atoms with Gasteiger partial charge in [0.2, 0.25) is 0 Å².